The van der Waals surface area contributed by atoms with Crippen LogP contribution in [-0.2, 0) is 19.2 Å². The van der Waals surface area contributed by atoms with E-state index in [2.05, 4.69) is 98.9 Å². The van der Waals surface area contributed by atoms with Crippen LogP contribution < -0.4 is 4.57 Å². The number of rotatable bonds is 1. The Balaban J connectivity index is 0.000000292. The van der Waals surface area contributed by atoms with E-state index >= 15 is 0 Å². The molecule has 0 unspecified atom stereocenters. The number of imidazole rings is 1. The van der Waals surface area contributed by atoms with Crippen molar-refractivity contribution in [3.63, 3.8) is 0 Å². The second-order valence-corrected chi connectivity index (χ2v) is 38.3. The average molecular weight is 500 g/mol. The van der Waals surface area contributed by atoms with E-state index in [1.54, 1.807) is 0 Å². The molecule has 0 amide bonds. The first-order valence-corrected chi connectivity index (χ1v) is 15.5. The van der Waals surface area contributed by atoms with Crippen LogP contribution in [0.2, 0.25) is 0 Å². The summed E-state index contributed by atoms with van der Waals surface area (Å²) in [7, 11) is 2.06. The monoisotopic (exact) mass is 496 g/mol. The van der Waals surface area contributed by atoms with Crippen LogP contribution in [0.15, 0.2) is 12.4 Å². The zero-order chi connectivity index (χ0) is 11.4. The molecule has 1 heterocycles. The molecule has 0 bridgehead atoms. The van der Waals surface area contributed by atoms with E-state index in [4.69, 9.17) is 0 Å². The van der Waals surface area contributed by atoms with Gasteiger partial charge in [0.15, 0.2) is 0 Å². The molecular formula is C7H13Br4MnN2+. The van der Waals surface area contributed by atoms with E-state index in [1.165, 1.54) is 5.82 Å². The molecule has 1 rings (SSSR count). The van der Waals surface area contributed by atoms with Crippen molar-refractivity contribution in [2.75, 3.05) is 0 Å². The Morgan fingerprint density at radius 3 is 1.93 bits per heavy atom. The van der Waals surface area contributed by atoms with Gasteiger partial charge in [0.05, 0.1) is 13.6 Å². The molecule has 0 fully saturated rings. The Hall–Kier alpha value is 1.65. The van der Waals surface area contributed by atoms with E-state index in [0.717, 1.165) is 6.54 Å². The number of nitrogens with zero attached hydrogens (tertiary/aromatic N) is 2. The summed E-state index contributed by atoms with van der Waals surface area (Å²) < 4.78 is 4.32. The first kappa shape index (κ1) is 15.6. The zero-order valence-electron chi connectivity index (χ0n) is 8.15. The summed E-state index contributed by atoms with van der Waals surface area (Å²) in [6.45, 7) is 5.32. The van der Waals surface area contributed by atoms with Gasteiger partial charge in [-0.05, 0) is 6.92 Å². The third kappa shape index (κ3) is 7.88. The first-order valence-electron chi connectivity index (χ1n) is 3.84. The van der Waals surface area contributed by atoms with Gasteiger partial charge in [0, 0.05) is 6.92 Å². The van der Waals surface area contributed by atoms with Crippen molar-refractivity contribution in [1.29, 1.82) is 0 Å². The molecule has 14 heavy (non-hydrogen) atoms. The minimum absolute atomic E-state index is 1.06. The van der Waals surface area contributed by atoms with Gasteiger partial charge in [-0.2, -0.15) is 0 Å². The molecule has 0 saturated heterocycles. The van der Waals surface area contributed by atoms with Crippen molar-refractivity contribution in [3.05, 3.63) is 18.2 Å². The van der Waals surface area contributed by atoms with Gasteiger partial charge in [0.1, 0.15) is 12.4 Å². The van der Waals surface area contributed by atoms with E-state index in [0.29, 0.717) is 0 Å². The molecule has 0 aromatic carbocycles. The quantitative estimate of drug-likeness (QED) is 0.408. The van der Waals surface area contributed by atoms with Gasteiger partial charge in [0.25, 0.3) is 5.82 Å². The SMILES string of the molecule is CCn1cc[n+](C)c1C.[Br][Mn]([Br])([Br])[Br]. The topological polar surface area (TPSA) is 8.81 Å². The van der Waals surface area contributed by atoms with Gasteiger partial charge in [0.2, 0.25) is 0 Å². The van der Waals surface area contributed by atoms with Crippen LogP contribution in [0.4, 0.5) is 0 Å². The fraction of sp³-hybridized carbons (Fsp3) is 0.571. The number of aromatic nitrogens is 2. The summed E-state index contributed by atoms with van der Waals surface area (Å²) >= 11 is 13.1. The van der Waals surface area contributed by atoms with Crippen LogP contribution in [-0.4, -0.2) is 4.57 Å². The molecule has 1 aromatic rings. The van der Waals surface area contributed by atoms with Crippen molar-refractivity contribution in [2.45, 2.75) is 20.4 Å². The predicted molar refractivity (Wildman–Crippen MR) is 71.7 cm³/mol. The fourth-order valence-electron chi connectivity index (χ4n) is 0.933. The molecule has 1 aromatic heterocycles. The summed E-state index contributed by atoms with van der Waals surface area (Å²) in [6, 6.07) is 0. The summed E-state index contributed by atoms with van der Waals surface area (Å²) in [5.74, 6) is 1.30. The van der Waals surface area contributed by atoms with E-state index in [-0.39, 0.29) is 0 Å². The Morgan fingerprint density at radius 1 is 1.36 bits per heavy atom. The zero-order valence-corrected chi connectivity index (χ0v) is 15.7. The number of hydrogen-bond acceptors (Lipinski definition) is 0. The fourth-order valence-corrected chi connectivity index (χ4v) is 0.933. The van der Waals surface area contributed by atoms with Crippen LogP contribution >= 0.6 is 56.4 Å². The number of halogens is 4. The summed E-state index contributed by atoms with van der Waals surface area (Å²) in [5, 5.41) is 0. The van der Waals surface area contributed by atoms with Gasteiger partial charge >= 0.3 is 62.1 Å². The van der Waals surface area contributed by atoms with Crippen LogP contribution in [0, 0.1) is 6.92 Å². The van der Waals surface area contributed by atoms with Crippen molar-refractivity contribution in [2.24, 2.45) is 7.05 Å². The average Bonchev–Trinajstić information content (AvgIpc) is 2.30. The molecule has 0 aliphatic rings. The van der Waals surface area contributed by atoms with Crippen LogP contribution in [0.3, 0.4) is 0 Å². The number of hydrogen-bond donors (Lipinski definition) is 0. The Bertz CT molecular complexity index is 276. The second-order valence-electron chi connectivity index (χ2n) is 2.57. The summed E-state index contributed by atoms with van der Waals surface area (Å²) in [5.41, 5.74) is -1.38. The molecule has 0 aliphatic carbocycles. The van der Waals surface area contributed by atoms with Gasteiger partial charge in [-0.3, -0.25) is 0 Å². The van der Waals surface area contributed by atoms with E-state index in [1.807, 2.05) is 0 Å². The number of aryl methyl sites for hydroxylation is 2. The Kier molecular flexibility index (Phi) is 7.90. The summed E-state index contributed by atoms with van der Waals surface area (Å²) in [4.78, 5) is 0. The predicted octanol–water partition coefficient (Wildman–Crippen LogP) is 4.02. The van der Waals surface area contributed by atoms with Crippen LogP contribution in [0.25, 0.3) is 0 Å². The Labute approximate surface area is 115 Å². The van der Waals surface area contributed by atoms with E-state index in [9.17, 15) is 0 Å². The Morgan fingerprint density at radius 2 is 1.79 bits per heavy atom. The molecule has 0 N–H and O–H groups in total. The van der Waals surface area contributed by atoms with Gasteiger partial charge in [-0.1, -0.05) is 0 Å². The van der Waals surface area contributed by atoms with Gasteiger partial charge < -0.3 is 0 Å². The molecule has 0 atom stereocenters. The molecule has 7 heteroatoms. The molecular weight excluding hydrogens is 487 g/mol. The minimum atomic E-state index is -1.38. The molecule has 0 aliphatic heterocycles. The standard InChI is InChI=1S/C7H13N2.4BrH.Mn/c1-4-9-6-5-8(3)7(9)2;;;;;/h5-6H,4H2,1-3H3;4*1H;/q+1;;;;;+4/p-4. The third-order valence-electron chi connectivity index (χ3n) is 1.74. The van der Waals surface area contributed by atoms with Gasteiger partial charge in [-0.15, -0.1) is 0 Å². The van der Waals surface area contributed by atoms with Crippen molar-refractivity contribution >= 4 is 56.4 Å². The van der Waals surface area contributed by atoms with Crippen molar-refractivity contribution in [1.82, 2.24) is 4.57 Å². The molecule has 0 spiro atoms. The van der Waals surface area contributed by atoms with Gasteiger partial charge in [-0.25, -0.2) is 9.13 Å². The molecule has 0 saturated carbocycles. The summed E-state index contributed by atoms with van der Waals surface area (Å²) in [6.07, 6.45) is 4.16. The molecule has 0 radical (unpaired) electrons. The maximum absolute atomic E-state index is 3.27. The normalized spacial score (nSPS) is 11.9. The first-order chi connectivity index (χ1) is 6.25. The van der Waals surface area contributed by atoms with Crippen LogP contribution in [0.5, 0.6) is 0 Å². The molecule has 2 nitrogen and oxygen atoms in total. The van der Waals surface area contributed by atoms with E-state index < -0.39 is 5.61 Å². The van der Waals surface area contributed by atoms with Crippen LogP contribution in [0.1, 0.15) is 12.7 Å². The second kappa shape index (κ2) is 7.07. The van der Waals surface area contributed by atoms with Crippen molar-refractivity contribution < 1.29 is 10.2 Å². The van der Waals surface area contributed by atoms with Crippen molar-refractivity contribution in [3.8, 4) is 0 Å². The third-order valence-corrected chi connectivity index (χ3v) is 1.74. The molecule has 85 valence electrons. The maximum atomic E-state index is 3.27.